The van der Waals surface area contributed by atoms with Crippen LogP contribution in [0.15, 0.2) is 18.2 Å². The Balaban J connectivity index is 1.81. The van der Waals surface area contributed by atoms with Crippen LogP contribution in [-0.2, 0) is 22.7 Å². The molecule has 1 aromatic carbocycles. The highest BCUT2D eigenvalue weighted by molar-refractivity contribution is 5.95. The third-order valence-electron chi connectivity index (χ3n) is 4.20. The first kappa shape index (κ1) is 14.0. The van der Waals surface area contributed by atoms with E-state index in [2.05, 4.69) is 0 Å². The van der Waals surface area contributed by atoms with Crippen molar-refractivity contribution in [1.82, 2.24) is 9.80 Å². The van der Waals surface area contributed by atoms with E-state index in [-0.39, 0.29) is 36.8 Å². The van der Waals surface area contributed by atoms with Gasteiger partial charge in [0.1, 0.15) is 18.4 Å². The minimum Gasteiger partial charge on any atom is -0.329 e. The van der Waals surface area contributed by atoms with Gasteiger partial charge in [0.15, 0.2) is 0 Å². The van der Waals surface area contributed by atoms with Gasteiger partial charge in [-0.3, -0.25) is 9.59 Å². The topological polar surface area (TPSA) is 66.6 Å². The molecule has 112 valence electrons. The van der Waals surface area contributed by atoms with E-state index in [1.54, 1.807) is 17.0 Å². The number of hydrogen-bond donors (Lipinski definition) is 1. The molecule has 3 rings (SSSR count). The van der Waals surface area contributed by atoms with Crippen molar-refractivity contribution >= 4 is 11.8 Å². The molecule has 2 aliphatic rings. The summed E-state index contributed by atoms with van der Waals surface area (Å²) in [5.74, 6) is -0.501. The Bertz CT molecular complexity index is 590. The first-order valence-electron chi connectivity index (χ1n) is 7.16. The maximum absolute atomic E-state index is 13.9. The third kappa shape index (κ3) is 2.51. The first-order valence-corrected chi connectivity index (χ1v) is 7.16. The zero-order chi connectivity index (χ0) is 15.0. The predicted octanol–water partition coefficient (Wildman–Crippen LogP) is 0.618. The highest BCUT2D eigenvalue weighted by Crippen LogP contribution is 2.25. The molecule has 0 radical (unpaired) electrons. The fraction of sp³-hybridized carbons (Fsp3) is 0.467. The van der Waals surface area contributed by atoms with Crippen molar-refractivity contribution in [2.75, 3.05) is 13.1 Å². The molecule has 2 aliphatic heterocycles. The number of nitrogens with zero attached hydrogens (tertiary/aromatic N) is 2. The van der Waals surface area contributed by atoms with E-state index in [1.165, 1.54) is 11.0 Å². The molecule has 1 unspecified atom stereocenters. The molecule has 6 heteroatoms. The van der Waals surface area contributed by atoms with Crippen LogP contribution in [0.4, 0.5) is 4.39 Å². The zero-order valence-corrected chi connectivity index (χ0v) is 11.7. The summed E-state index contributed by atoms with van der Waals surface area (Å²) in [4.78, 5) is 27.6. The fourth-order valence-electron chi connectivity index (χ4n) is 3.08. The monoisotopic (exact) mass is 291 g/mol. The average Bonchev–Trinajstić information content (AvgIpc) is 2.97. The van der Waals surface area contributed by atoms with Crippen LogP contribution in [0.25, 0.3) is 0 Å². The second kappa shape index (κ2) is 5.44. The van der Waals surface area contributed by atoms with Crippen LogP contribution in [-0.4, -0.2) is 40.7 Å². The summed E-state index contributed by atoms with van der Waals surface area (Å²) in [6.07, 6.45) is 1.55. The lowest BCUT2D eigenvalue weighted by Crippen LogP contribution is -2.56. The van der Waals surface area contributed by atoms with Crippen LogP contribution in [0.3, 0.4) is 0 Å². The summed E-state index contributed by atoms with van der Waals surface area (Å²) < 4.78 is 13.9. The Labute approximate surface area is 122 Å². The highest BCUT2D eigenvalue weighted by atomic mass is 19.1. The van der Waals surface area contributed by atoms with Gasteiger partial charge in [-0.05, 0) is 30.5 Å². The van der Waals surface area contributed by atoms with E-state index in [9.17, 15) is 14.0 Å². The predicted molar refractivity (Wildman–Crippen MR) is 74.4 cm³/mol. The van der Waals surface area contributed by atoms with Crippen LogP contribution < -0.4 is 5.73 Å². The normalized spacial score (nSPS) is 21.9. The zero-order valence-electron chi connectivity index (χ0n) is 11.7. The second-order valence-corrected chi connectivity index (χ2v) is 5.57. The first-order chi connectivity index (χ1) is 10.1. The van der Waals surface area contributed by atoms with Gasteiger partial charge in [0.25, 0.3) is 0 Å². The molecule has 0 bridgehead atoms. The van der Waals surface area contributed by atoms with Crippen LogP contribution in [0.5, 0.6) is 0 Å². The summed E-state index contributed by atoms with van der Waals surface area (Å²) in [6.45, 7) is 1.12. The van der Waals surface area contributed by atoms with E-state index in [0.29, 0.717) is 25.1 Å². The van der Waals surface area contributed by atoms with Gasteiger partial charge in [-0.2, -0.15) is 0 Å². The van der Waals surface area contributed by atoms with E-state index in [1.807, 2.05) is 0 Å². The smallest absolute Gasteiger partial charge is 0.246 e. The molecule has 0 aromatic heterocycles. The van der Waals surface area contributed by atoms with Crippen molar-refractivity contribution in [2.24, 2.45) is 5.73 Å². The van der Waals surface area contributed by atoms with Crippen LogP contribution in [0, 0.1) is 5.82 Å². The lowest BCUT2D eigenvalue weighted by molar-refractivity contribution is -0.154. The maximum Gasteiger partial charge on any atom is 0.246 e. The van der Waals surface area contributed by atoms with E-state index >= 15 is 0 Å². The molecular weight excluding hydrogens is 273 g/mol. The number of rotatable bonds is 3. The summed E-state index contributed by atoms with van der Waals surface area (Å²) in [6, 6.07) is 4.29. The lowest BCUT2D eigenvalue weighted by atomic mass is 10.1. The number of nitrogens with two attached hydrogens (primary N) is 1. The summed E-state index contributed by atoms with van der Waals surface area (Å²) in [7, 11) is 0. The van der Waals surface area contributed by atoms with Crippen molar-refractivity contribution in [3.8, 4) is 0 Å². The summed E-state index contributed by atoms with van der Waals surface area (Å²) >= 11 is 0. The number of fused-ring (bicyclic) bond motifs is 1. The highest BCUT2D eigenvalue weighted by Gasteiger charge is 2.41. The molecule has 2 fully saturated rings. The van der Waals surface area contributed by atoms with Gasteiger partial charge in [0.05, 0.1) is 0 Å². The van der Waals surface area contributed by atoms with Crippen molar-refractivity contribution in [3.63, 3.8) is 0 Å². The molecule has 0 aliphatic carbocycles. The number of carbonyl (C=O) groups is 2. The molecule has 1 atom stereocenters. The van der Waals surface area contributed by atoms with E-state index < -0.39 is 0 Å². The van der Waals surface area contributed by atoms with Gasteiger partial charge >= 0.3 is 0 Å². The average molecular weight is 291 g/mol. The third-order valence-corrected chi connectivity index (χ3v) is 4.20. The number of halogens is 1. The van der Waals surface area contributed by atoms with Gasteiger partial charge < -0.3 is 15.5 Å². The van der Waals surface area contributed by atoms with E-state index in [4.69, 9.17) is 5.73 Å². The SMILES string of the molecule is NCc1ccc(F)c(CN2CC(=O)N3CCCC3C2=O)c1. The largest absolute Gasteiger partial charge is 0.329 e. The van der Waals surface area contributed by atoms with E-state index in [0.717, 1.165) is 12.0 Å². The molecule has 2 saturated heterocycles. The Morgan fingerprint density at radius 2 is 2.14 bits per heavy atom. The standard InChI is InChI=1S/C15H18FN3O2/c16-12-4-3-10(7-17)6-11(12)8-18-9-14(20)19-5-1-2-13(19)15(18)21/h3-4,6,13H,1-2,5,7-9,17H2. The fourth-order valence-corrected chi connectivity index (χ4v) is 3.08. The molecule has 5 nitrogen and oxygen atoms in total. The van der Waals surface area contributed by atoms with Gasteiger partial charge in [-0.25, -0.2) is 4.39 Å². The van der Waals surface area contributed by atoms with Crippen molar-refractivity contribution in [2.45, 2.75) is 32.0 Å². The van der Waals surface area contributed by atoms with Crippen LogP contribution in [0.1, 0.15) is 24.0 Å². The van der Waals surface area contributed by atoms with Gasteiger partial charge in [-0.1, -0.05) is 6.07 Å². The minimum atomic E-state index is -0.374. The Hall–Kier alpha value is -1.95. The Morgan fingerprint density at radius 1 is 1.33 bits per heavy atom. The van der Waals surface area contributed by atoms with Gasteiger partial charge in [0.2, 0.25) is 11.8 Å². The van der Waals surface area contributed by atoms with Crippen LogP contribution in [0.2, 0.25) is 0 Å². The minimum absolute atomic E-state index is 0.0294. The van der Waals surface area contributed by atoms with Gasteiger partial charge in [0, 0.05) is 25.2 Å². The molecular formula is C15H18FN3O2. The molecule has 0 spiro atoms. The number of hydrogen-bond acceptors (Lipinski definition) is 3. The van der Waals surface area contributed by atoms with Crippen molar-refractivity contribution in [3.05, 3.63) is 35.1 Å². The molecule has 0 saturated carbocycles. The number of carbonyl (C=O) groups excluding carboxylic acids is 2. The molecule has 1 aromatic rings. The van der Waals surface area contributed by atoms with Crippen LogP contribution >= 0.6 is 0 Å². The molecule has 2 N–H and O–H groups in total. The summed E-state index contributed by atoms with van der Waals surface area (Å²) in [5.41, 5.74) is 6.78. The van der Waals surface area contributed by atoms with Crippen molar-refractivity contribution < 1.29 is 14.0 Å². The lowest BCUT2D eigenvalue weighted by Gasteiger charge is -2.36. The Kier molecular flexibility index (Phi) is 3.63. The van der Waals surface area contributed by atoms with Gasteiger partial charge in [-0.15, -0.1) is 0 Å². The number of benzene rings is 1. The number of piperazine rings is 1. The molecule has 2 amide bonds. The number of amides is 2. The summed E-state index contributed by atoms with van der Waals surface area (Å²) in [5, 5.41) is 0. The maximum atomic E-state index is 13.9. The van der Waals surface area contributed by atoms with Crippen molar-refractivity contribution in [1.29, 1.82) is 0 Å². The molecule has 2 heterocycles. The second-order valence-electron chi connectivity index (χ2n) is 5.57. The molecule has 21 heavy (non-hydrogen) atoms. The quantitative estimate of drug-likeness (QED) is 0.887. The Morgan fingerprint density at radius 3 is 2.90 bits per heavy atom.